The summed E-state index contributed by atoms with van der Waals surface area (Å²) in [6, 6.07) is 9.57. The molecular formula is C12H16O3. The minimum atomic E-state index is -1.59. The highest BCUT2D eigenvalue weighted by molar-refractivity contribution is 5.76. The predicted molar refractivity (Wildman–Crippen MR) is 57.6 cm³/mol. The number of carboxylic acids is 1. The zero-order chi connectivity index (χ0) is 11.3. The summed E-state index contributed by atoms with van der Waals surface area (Å²) >= 11 is 0. The van der Waals surface area contributed by atoms with Crippen molar-refractivity contribution in [2.45, 2.75) is 31.8 Å². The van der Waals surface area contributed by atoms with E-state index in [1.54, 1.807) is 6.92 Å². The molecule has 1 aromatic rings. The third-order valence-electron chi connectivity index (χ3n) is 2.65. The van der Waals surface area contributed by atoms with Crippen molar-refractivity contribution in [1.82, 2.24) is 0 Å². The van der Waals surface area contributed by atoms with E-state index in [1.165, 1.54) is 0 Å². The number of benzene rings is 1. The van der Waals surface area contributed by atoms with Crippen LogP contribution < -0.4 is 0 Å². The molecule has 0 aliphatic rings. The Morgan fingerprint density at radius 3 is 2.40 bits per heavy atom. The summed E-state index contributed by atoms with van der Waals surface area (Å²) in [7, 11) is 0. The van der Waals surface area contributed by atoms with Crippen molar-refractivity contribution in [3.63, 3.8) is 0 Å². The van der Waals surface area contributed by atoms with Crippen LogP contribution in [0.2, 0.25) is 0 Å². The van der Waals surface area contributed by atoms with E-state index in [2.05, 4.69) is 0 Å². The second kappa shape index (κ2) is 4.94. The SMILES string of the molecule is CC[C@](O)(CCc1ccccc1)C(=O)O. The van der Waals surface area contributed by atoms with Gasteiger partial charge in [-0.1, -0.05) is 37.3 Å². The van der Waals surface area contributed by atoms with Gasteiger partial charge in [-0.15, -0.1) is 0 Å². The number of carbonyl (C=O) groups is 1. The van der Waals surface area contributed by atoms with E-state index in [1.807, 2.05) is 30.3 Å². The van der Waals surface area contributed by atoms with Gasteiger partial charge in [0.15, 0.2) is 5.60 Å². The first-order valence-electron chi connectivity index (χ1n) is 5.08. The fourth-order valence-corrected chi connectivity index (χ4v) is 1.43. The molecule has 0 fully saturated rings. The number of aliphatic carboxylic acids is 1. The smallest absolute Gasteiger partial charge is 0.335 e. The highest BCUT2D eigenvalue weighted by atomic mass is 16.4. The molecule has 0 saturated heterocycles. The summed E-state index contributed by atoms with van der Waals surface area (Å²) in [5.41, 5.74) is -0.541. The van der Waals surface area contributed by atoms with Crippen LogP contribution in [0.1, 0.15) is 25.3 Å². The number of hydrogen-bond acceptors (Lipinski definition) is 2. The van der Waals surface area contributed by atoms with Gasteiger partial charge in [0.2, 0.25) is 0 Å². The van der Waals surface area contributed by atoms with E-state index in [0.29, 0.717) is 6.42 Å². The maximum absolute atomic E-state index is 10.8. The molecule has 0 heterocycles. The average molecular weight is 208 g/mol. The molecule has 0 radical (unpaired) electrons. The Kier molecular flexibility index (Phi) is 3.86. The zero-order valence-corrected chi connectivity index (χ0v) is 8.81. The molecule has 3 nitrogen and oxygen atoms in total. The highest BCUT2D eigenvalue weighted by Crippen LogP contribution is 2.18. The van der Waals surface area contributed by atoms with Gasteiger partial charge >= 0.3 is 5.97 Å². The van der Waals surface area contributed by atoms with Gasteiger partial charge in [0.05, 0.1) is 0 Å². The lowest BCUT2D eigenvalue weighted by atomic mass is 9.92. The number of aliphatic hydroxyl groups is 1. The summed E-state index contributed by atoms with van der Waals surface area (Å²) in [6.07, 6.45) is 1.06. The van der Waals surface area contributed by atoms with Crippen LogP contribution in [0.3, 0.4) is 0 Å². The molecule has 0 unspecified atom stereocenters. The first-order valence-corrected chi connectivity index (χ1v) is 5.08. The van der Waals surface area contributed by atoms with Crippen molar-refractivity contribution in [2.75, 3.05) is 0 Å². The molecule has 0 aliphatic heterocycles. The van der Waals surface area contributed by atoms with Gasteiger partial charge in [-0.05, 0) is 24.8 Å². The van der Waals surface area contributed by atoms with Crippen LogP contribution in [-0.4, -0.2) is 21.8 Å². The summed E-state index contributed by atoms with van der Waals surface area (Å²) < 4.78 is 0. The summed E-state index contributed by atoms with van der Waals surface area (Å²) in [5, 5.41) is 18.6. The number of carboxylic acid groups (broad SMARTS) is 1. The van der Waals surface area contributed by atoms with Gasteiger partial charge in [0, 0.05) is 0 Å². The van der Waals surface area contributed by atoms with Crippen LogP contribution in [0, 0.1) is 0 Å². The van der Waals surface area contributed by atoms with Gasteiger partial charge in [-0.2, -0.15) is 0 Å². The van der Waals surface area contributed by atoms with Crippen LogP contribution in [-0.2, 0) is 11.2 Å². The van der Waals surface area contributed by atoms with E-state index >= 15 is 0 Å². The van der Waals surface area contributed by atoms with Gasteiger partial charge in [-0.3, -0.25) is 0 Å². The Labute approximate surface area is 89.4 Å². The van der Waals surface area contributed by atoms with Gasteiger partial charge in [-0.25, -0.2) is 4.79 Å². The Morgan fingerprint density at radius 1 is 1.33 bits per heavy atom. The van der Waals surface area contributed by atoms with Crippen LogP contribution in [0.5, 0.6) is 0 Å². The second-order valence-corrected chi connectivity index (χ2v) is 3.68. The molecule has 3 heteroatoms. The lowest BCUT2D eigenvalue weighted by Crippen LogP contribution is -2.38. The zero-order valence-electron chi connectivity index (χ0n) is 8.81. The molecule has 0 saturated carbocycles. The van der Waals surface area contributed by atoms with E-state index in [0.717, 1.165) is 5.56 Å². The van der Waals surface area contributed by atoms with E-state index < -0.39 is 11.6 Å². The molecule has 1 rings (SSSR count). The number of hydrogen-bond donors (Lipinski definition) is 2. The molecule has 0 aliphatic carbocycles. The third kappa shape index (κ3) is 3.06. The minimum Gasteiger partial charge on any atom is -0.479 e. The standard InChI is InChI=1S/C12H16O3/c1-2-12(15,11(13)14)9-8-10-6-4-3-5-7-10/h3-7,15H,2,8-9H2,1H3,(H,13,14)/t12-/m0/s1. The quantitative estimate of drug-likeness (QED) is 0.776. The Morgan fingerprint density at radius 2 is 1.93 bits per heavy atom. The topological polar surface area (TPSA) is 57.5 Å². The summed E-state index contributed by atoms with van der Waals surface area (Å²) in [5.74, 6) is -1.14. The van der Waals surface area contributed by atoms with Crippen molar-refractivity contribution in [2.24, 2.45) is 0 Å². The first-order chi connectivity index (χ1) is 7.08. The maximum atomic E-state index is 10.8. The lowest BCUT2D eigenvalue weighted by Gasteiger charge is -2.21. The molecule has 1 atom stereocenters. The second-order valence-electron chi connectivity index (χ2n) is 3.68. The average Bonchev–Trinajstić information content (AvgIpc) is 2.27. The Balaban J connectivity index is 2.59. The van der Waals surface area contributed by atoms with Gasteiger partial charge in [0.1, 0.15) is 0 Å². The van der Waals surface area contributed by atoms with Crippen molar-refractivity contribution < 1.29 is 15.0 Å². The molecule has 0 spiro atoms. The van der Waals surface area contributed by atoms with Crippen LogP contribution in [0.15, 0.2) is 30.3 Å². The predicted octanol–water partition coefficient (Wildman–Crippen LogP) is 1.84. The fraction of sp³-hybridized carbons (Fsp3) is 0.417. The van der Waals surface area contributed by atoms with Gasteiger partial charge in [0.25, 0.3) is 0 Å². The summed E-state index contributed by atoms with van der Waals surface area (Å²) in [6.45, 7) is 1.68. The molecule has 0 amide bonds. The number of rotatable bonds is 5. The molecule has 15 heavy (non-hydrogen) atoms. The number of aryl methyl sites for hydroxylation is 1. The third-order valence-corrected chi connectivity index (χ3v) is 2.65. The van der Waals surface area contributed by atoms with E-state index in [9.17, 15) is 9.90 Å². The highest BCUT2D eigenvalue weighted by Gasteiger charge is 2.32. The van der Waals surface area contributed by atoms with Crippen molar-refractivity contribution in [3.05, 3.63) is 35.9 Å². The maximum Gasteiger partial charge on any atom is 0.335 e. The molecule has 1 aromatic carbocycles. The molecular weight excluding hydrogens is 192 g/mol. The fourth-order valence-electron chi connectivity index (χ4n) is 1.43. The molecule has 0 bridgehead atoms. The van der Waals surface area contributed by atoms with Crippen LogP contribution >= 0.6 is 0 Å². The largest absolute Gasteiger partial charge is 0.479 e. The normalized spacial score (nSPS) is 14.5. The van der Waals surface area contributed by atoms with Crippen LogP contribution in [0.4, 0.5) is 0 Å². The van der Waals surface area contributed by atoms with Crippen molar-refractivity contribution in [1.29, 1.82) is 0 Å². The Bertz CT molecular complexity index is 321. The lowest BCUT2D eigenvalue weighted by molar-refractivity contribution is -0.159. The van der Waals surface area contributed by atoms with Crippen molar-refractivity contribution >= 4 is 5.97 Å². The molecule has 2 N–H and O–H groups in total. The first kappa shape index (κ1) is 11.7. The monoisotopic (exact) mass is 208 g/mol. The minimum absolute atomic E-state index is 0.231. The Hall–Kier alpha value is -1.35. The van der Waals surface area contributed by atoms with E-state index in [4.69, 9.17) is 5.11 Å². The van der Waals surface area contributed by atoms with Crippen LogP contribution in [0.25, 0.3) is 0 Å². The molecule has 82 valence electrons. The van der Waals surface area contributed by atoms with Crippen molar-refractivity contribution in [3.8, 4) is 0 Å². The van der Waals surface area contributed by atoms with E-state index in [-0.39, 0.29) is 12.8 Å². The van der Waals surface area contributed by atoms with Gasteiger partial charge < -0.3 is 10.2 Å². The summed E-state index contributed by atoms with van der Waals surface area (Å²) in [4.78, 5) is 10.8. The molecule has 0 aromatic heterocycles.